The summed E-state index contributed by atoms with van der Waals surface area (Å²) in [7, 11) is 0. The molecule has 1 aromatic carbocycles. The predicted molar refractivity (Wildman–Crippen MR) is 73.0 cm³/mol. The molecule has 1 radical (unpaired) electrons. The molecule has 0 saturated heterocycles. The first-order valence-electron chi connectivity index (χ1n) is 5.80. The molecule has 19 heavy (non-hydrogen) atoms. The van der Waals surface area contributed by atoms with E-state index in [0.717, 1.165) is 17.9 Å². The number of fused-ring (bicyclic) bond motifs is 1. The third-order valence-corrected chi connectivity index (χ3v) is 3.21. The maximum absolute atomic E-state index is 6.21. The fourth-order valence-corrected chi connectivity index (χ4v) is 2.43. The number of nitrogens with zero attached hydrogens (tertiary/aromatic N) is 2. The molecule has 0 N–H and O–H groups in total. The second-order valence-corrected chi connectivity index (χ2v) is 4.80. The zero-order chi connectivity index (χ0) is 12.5. The van der Waals surface area contributed by atoms with Crippen molar-refractivity contribution in [3.8, 4) is 11.4 Å². The van der Waals surface area contributed by atoms with E-state index in [0.29, 0.717) is 5.02 Å². The van der Waals surface area contributed by atoms with Gasteiger partial charge in [0, 0.05) is 35.7 Å². The fourth-order valence-electron chi connectivity index (χ4n) is 2.17. The second kappa shape index (κ2) is 5.78. The van der Waals surface area contributed by atoms with Gasteiger partial charge in [0.05, 0.1) is 16.4 Å². The summed E-state index contributed by atoms with van der Waals surface area (Å²) in [5, 5.41) is 0.701. The van der Waals surface area contributed by atoms with E-state index in [1.807, 2.05) is 12.1 Å². The first-order valence-corrected chi connectivity index (χ1v) is 6.18. The molecule has 2 aliphatic rings. The molecule has 0 fully saturated rings. The van der Waals surface area contributed by atoms with Gasteiger partial charge in [-0.25, -0.2) is 0 Å². The Kier molecular flexibility index (Phi) is 4.30. The number of rotatable bonds is 2. The van der Waals surface area contributed by atoms with Crippen LogP contribution in [0.15, 0.2) is 42.7 Å². The summed E-state index contributed by atoms with van der Waals surface area (Å²) in [6, 6.07) is 13.0. The van der Waals surface area contributed by atoms with Crippen LogP contribution in [0.4, 0.5) is 0 Å². The number of halogens is 1. The summed E-state index contributed by atoms with van der Waals surface area (Å²) in [4.78, 5) is 4.32. The molecule has 0 aromatic heterocycles. The summed E-state index contributed by atoms with van der Waals surface area (Å²) < 4.78 is 2.15. The zero-order valence-corrected chi connectivity index (χ0v) is 12.2. The molecule has 0 unspecified atom stereocenters. The van der Waals surface area contributed by atoms with Gasteiger partial charge in [-0.1, -0.05) is 11.6 Å². The summed E-state index contributed by atoms with van der Waals surface area (Å²) in [5.41, 5.74) is 4.35. The molecule has 99 valence electrons. The molecule has 3 rings (SSSR count). The van der Waals surface area contributed by atoms with Crippen molar-refractivity contribution in [1.82, 2.24) is 9.55 Å². The Morgan fingerprint density at radius 3 is 2.79 bits per heavy atom. The van der Waals surface area contributed by atoms with Gasteiger partial charge in [0.25, 0.3) is 0 Å². The predicted octanol–water partition coefficient (Wildman–Crippen LogP) is 3.80. The van der Waals surface area contributed by atoms with E-state index in [1.165, 1.54) is 11.1 Å². The van der Waals surface area contributed by atoms with E-state index in [-0.39, 0.29) is 16.8 Å². The molecule has 0 atom stereocenters. The van der Waals surface area contributed by atoms with Gasteiger partial charge in [-0.15, -0.1) is 5.56 Å². The number of aromatic nitrogens is 2. The molecule has 0 amide bonds. The van der Waals surface area contributed by atoms with Crippen LogP contribution in [0, 0.1) is 13.0 Å². The number of hydrogen-bond acceptors (Lipinski definition) is 1. The monoisotopic (exact) mass is 314 g/mol. The van der Waals surface area contributed by atoms with E-state index in [1.54, 1.807) is 6.20 Å². The van der Waals surface area contributed by atoms with Crippen LogP contribution in [0.5, 0.6) is 0 Å². The number of pyridine rings is 1. The Balaban J connectivity index is 0.00000133. The molecule has 4 heteroatoms. The molecular formula is C15H12ClCoN2-. The van der Waals surface area contributed by atoms with Crippen molar-refractivity contribution >= 4 is 11.6 Å². The van der Waals surface area contributed by atoms with Crippen molar-refractivity contribution in [2.24, 2.45) is 0 Å². The molecule has 0 spiro atoms. The van der Waals surface area contributed by atoms with Gasteiger partial charge in [-0.2, -0.15) is 30.3 Å². The van der Waals surface area contributed by atoms with Gasteiger partial charge in [-0.05, 0) is 18.6 Å². The Bertz CT molecular complexity index is 649. The normalized spacial score (nSPS) is 10.4. The Morgan fingerprint density at radius 2 is 2.05 bits per heavy atom. The molecule has 0 saturated carbocycles. The van der Waals surface area contributed by atoms with Crippen LogP contribution in [-0.2, 0) is 23.3 Å². The minimum absolute atomic E-state index is 0. The summed E-state index contributed by atoms with van der Waals surface area (Å²) in [6.45, 7) is 2.86. The van der Waals surface area contributed by atoms with Crippen molar-refractivity contribution in [3.05, 3.63) is 64.9 Å². The Morgan fingerprint density at radius 1 is 1.32 bits per heavy atom. The third-order valence-electron chi connectivity index (χ3n) is 2.94. The van der Waals surface area contributed by atoms with Gasteiger partial charge in [0.15, 0.2) is 0 Å². The van der Waals surface area contributed by atoms with Crippen LogP contribution in [0.2, 0.25) is 5.02 Å². The SMILES string of the molecule is Cc1cc2ncc(Cl)c-2n(Cc2cc[c-]cc2)c1.[Co]. The van der Waals surface area contributed by atoms with Crippen LogP contribution in [0.25, 0.3) is 11.4 Å². The quantitative estimate of drug-likeness (QED) is 0.658. The molecule has 1 aromatic rings. The van der Waals surface area contributed by atoms with E-state index in [4.69, 9.17) is 11.6 Å². The smallest absolute Gasteiger partial charge is 0.0886 e. The molecular weight excluding hydrogens is 303 g/mol. The number of aryl methyl sites for hydroxylation is 1. The summed E-state index contributed by atoms with van der Waals surface area (Å²) in [5.74, 6) is 0. The molecule has 2 heterocycles. The van der Waals surface area contributed by atoms with Gasteiger partial charge < -0.3 is 4.57 Å². The topological polar surface area (TPSA) is 17.8 Å². The average Bonchev–Trinajstić information content (AvgIpc) is 2.72. The van der Waals surface area contributed by atoms with Gasteiger partial charge in [0.2, 0.25) is 0 Å². The Hall–Kier alpha value is -1.29. The van der Waals surface area contributed by atoms with Crippen molar-refractivity contribution in [3.63, 3.8) is 0 Å². The van der Waals surface area contributed by atoms with Gasteiger partial charge in [-0.3, -0.25) is 4.98 Å². The first kappa shape index (κ1) is 14.1. The average molecular weight is 315 g/mol. The van der Waals surface area contributed by atoms with Gasteiger partial charge in [0.1, 0.15) is 0 Å². The van der Waals surface area contributed by atoms with Gasteiger partial charge >= 0.3 is 0 Å². The molecule has 2 nitrogen and oxygen atoms in total. The molecule has 2 aliphatic heterocycles. The van der Waals surface area contributed by atoms with Crippen molar-refractivity contribution in [2.75, 3.05) is 0 Å². The van der Waals surface area contributed by atoms with E-state index < -0.39 is 0 Å². The zero-order valence-electron chi connectivity index (χ0n) is 10.4. The summed E-state index contributed by atoms with van der Waals surface area (Å²) in [6.07, 6.45) is 3.81. The van der Waals surface area contributed by atoms with Crippen molar-refractivity contribution < 1.29 is 16.8 Å². The fraction of sp³-hybridized carbons (Fsp3) is 0.133. The van der Waals surface area contributed by atoms with Crippen molar-refractivity contribution in [2.45, 2.75) is 13.5 Å². The third kappa shape index (κ3) is 2.83. The van der Waals surface area contributed by atoms with Crippen LogP contribution in [-0.4, -0.2) is 9.55 Å². The Labute approximate surface area is 128 Å². The van der Waals surface area contributed by atoms with Crippen molar-refractivity contribution in [1.29, 1.82) is 0 Å². The molecule has 0 bridgehead atoms. The van der Waals surface area contributed by atoms with Crippen LogP contribution in [0.3, 0.4) is 0 Å². The number of hydrogen-bond donors (Lipinski definition) is 0. The second-order valence-electron chi connectivity index (χ2n) is 4.39. The van der Waals surface area contributed by atoms with Crippen LogP contribution < -0.4 is 0 Å². The largest absolute Gasteiger partial charge is 0.342 e. The summed E-state index contributed by atoms with van der Waals surface area (Å²) >= 11 is 6.21. The minimum atomic E-state index is 0. The van der Waals surface area contributed by atoms with E-state index in [9.17, 15) is 0 Å². The number of benzene rings is 1. The maximum Gasteiger partial charge on any atom is 0.0886 e. The maximum atomic E-state index is 6.21. The van der Waals surface area contributed by atoms with Crippen LogP contribution in [0.1, 0.15) is 11.1 Å². The van der Waals surface area contributed by atoms with E-state index in [2.05, 4.69) is 46.9 Å². The van der Waals surface area contributed by atoms with E-state index >= 15 is 0 Å². The minimum Gasteiger partial charge on any atom is -0.342 e. The first-order chi connectivity index (χ1) is 8.74. The molecule has 0 aliphatic carbocycles. The standard InChI is InChI=1S/C15H12ClN2.Co/c1-11-7-14-15(13(16)8-17-14)18(9-11)10-12-5-3-2-4-6-12;/h3-9H,10H2,1H3;/q-1;. The van der Waals surface area contributed by atoms with Crippen LogP contribution >= 0.6 is 11.6 Å².